The molecule has 3 rings (SSSR count). The molecule has 0 unspecified atom stereocenters. The molecule has 0 aliphatic rings. The van der Waals surface area contributed by atoms with Crippen LogP contribution in [0.5, 0.6) is 0 Å². The lowest BCUT2D eigenvalue weighted by Crippen LogP contribution is -2.30. The second-order valence-corrected chi connectivity index (χ2v) is 5.54. The van der Waals surface area contributed by atoms with E-state index in [0.29, 0.717) is 11.5 Å². The SMILES string of the molecule is CC[C@@H](NC(=O)Cc1nc2ccccc2o1)c1cc(C)ccn1. The molecule has 0 fully saturated rings. The van der Waals surface area contributed by atoms with Gasteiger partial charge in [0.25, 0.3) is 0 Å². The van der Waals surface area contributed by atoms with Crippen LogP contribution in [0.15, 0.2) is 47.0 Å². The van der Waals surface area contributed by atoms with Crippen LogP contribution in [0.4, 0.5) is 0 Å². The molecule has 1 amide bonds. The van der Waals surface area contributed by atoms with Crippen LogP contribution in [0.2, 0.25) is 0 Å². The second kappa shape index (κ2) is 6.60. The van der Waals surface area contributed by atoms with E-state index < -0.39 is 0 Å². The zero-order valence-corrected chi connectivity index (χ0v) is 13.2. The van der Waals surface area contributed by atoms with E-state index in [2.05, 4.69) is 15.3 Å². The topological polar surface area (TPSA) is 68.0 Å². The number of fused-ring (bicyclic) bond motifs is 1. The largest absolute Gasteiger partial charge is 0.440 e. The van der Waals surface area contributed by atoms with Gasteiger partial charge in [-0.1, -0.05) is 19.1 Å². The first kappa shape index (κ1) is 15.2. The minimum atomic E-state index is -0.119. The minimum absolute atomic E-state index is 0.105. The molecule has 0 spiro atoms. The third-order valence-corrected chi connectivity index (χ3v) is 3.69. The number of nitrogens with one attached hydrogen (secondary N) is 1. The van der Waals surface area contributed by atoms with Gasteiger partial charge in [-0.3, -0.25) is 9.78 Å². The summed E-state index contributed by atoms with van der Waals surface area (Å²) in [5, 5.41) is 3.00. The average Bonchev–Trinajstić information content (AvgIpc) is 2.94. The zero-order chi connectivity index (χ0) is 16.2. The van der Waals surface area contributed by atoms with Crippen LogP contribution in [-0.4, -0.2) is 15.9 Å². The average molecular weight is 309 g/mol. The number of aromatic nitrogens is 2. The number of carbonyl (C=O) groups is 1. The van der Waals surface area contributed by atoms with Gasteiger partial charge in [-0.15, -0.1) is 0 Å². The third-order valence-electron chi connectivity index (χ3n) is 3.69. The highest BCUT2D eigenvalue weighted by molar-refractivity contribution is 5.79. The predicted molar refractivity (Wildman–Crippen MR) is 87.9 cm³/mol. The first-order chi connectivity index (χ1) is 11.2. The Hall–Kier alpha value is -2.69. The van der Waals surface area contributed by atoms with Crippen molar-refractivity contribution in [2.24, 2.45) is 0 Å². The monoisotopic (exact) mass is 309 g/mol. The number of para-hydroxylation sites is 2. The van der Waals surface area contributed by atoms with Crippen molar-refractivity contribution >= 4 is 17.0 Å². The van der Waals surface area contributed by atoms with Crippen LogP contribution < -0.4 is 5.32 Å². The maximum absolute atomic E-state index is 12.3. The lowest BCUT2D eigenvalue weighted by molar-refractivity contribution is -0.121. The van der Waals surface area contributed by atoms with Gasteiger partial charge in [-0.05, 0) is 43.2 Å². The molecule has 2 aromatic heterocycles. The first-order valence-corrected chi connectivity index (χ1v) is 7.72. The molecular formula is C18H19N3O2. The molecule has 0 bridgehead atoms. The van der Waals surface area contributed by atoms with E-state index in [0.717, 1.165) is 23.2 Å². The molecule has 0 saturated carbocycles. The second-order valence-electron chi connectivity index (χ2n) is 5.54. The number of hydrogen-bond acceptors (Lipinski definition) is 4. The highest BCUT2D eigenvalue weighted by Crippen LogP contribution is 2.17. The van der Waals surface area contributed by atoms with Crippen LogP contribution in [0.3, 0.4) is 0 Å². The van der Waals surface area contributed by atoms with Crippen molar-refractivity contribution in [1.29, 1.82) is 0 Å². The summed E-state index contributed by atoms with van der Waals surface area (Å²) in [6.07, 6.45) is 2.66. The van der Waals surface area contributed by atoms with Gasteiger partial charge in [0, 0.05) is 6.20 Å². The summed E-state index contributed by atoms with van der Waals surface area (Å²) >= 11 is 0. The number of carbonyl (C=O) groups excluding carboxylic acids is 1. The highest BCUT2D eigenvalue weighted by atomic mass is 16.3. The molecule has 3 aromatic rings. The molecule has 0 aliphatic carbocycles. The fourth-order valence-electron chi connectivity index (χ4n) is 2.51. The number of rotatable bonds is 5. The van der Waals surface area contributed by atoms with Crippen molar-refractivity contribution in [2.45, 2.75) is 32.7 Å². The zero-order valence-electron chi connectivity index (χ0n) is 13.2. The fraction of sp³-hybridized carbons (Fsp3) is 0.278. The summed E-state index contributed by atoms with van der Waals surface area (Å²) in [5.74, 6) is 0.308. The van der Waals surface area contributed by atoms with Crippen LogP contribution >= 0.6 is 0 Å². The molecule has 0 saturated heterocycles. The Labute approximate surface area is 134 Å². The first-order valence-electron chi connectivity index (χ1n) is 7.72. The Morgan fingerprint density at radius 1 is 1.30 bits per heavy atom. The van der Waals surface area contributed by atoms with E-state index in [-0.39, 0.29) is 18.4 Å². The van der Waals surface area contributed by atoms with Gasteiger partial charge >= 0.3 is 0 Å². The summed E-state index contributed by atoms with van der Waals surface area (Å²) in [6.45, 7) is 4.03. The Balaban J connectivity index is 1.70. The maximum Gasteiger partial charge on any atom is 0.229 e. The molecule has 5 nitrogen and oxygen atoms in total. The van der Waals surface area contributed by atoms with E-state index >= 15 is 0 Å². The quantitative estimate of drug-likeness (QED) is 0.785. The summed E-state index contributed by atoms with van der Waals surface area (Å²) < 4.78 is 5.59. The Kier molecular flexibility index (Phi) is 4.37. The number of oxazole rings is 1. The van der Waals surface area contributed by atoms with Crippen molar-refractivity contribution in [1.82, 2.24) is 15.3 Å². The number of aryl methyl sites for hydroxylation is 1. The molecule has 0 radical (unpaired) electrons. The Morgan fingerprint density at radius 2 is 2.13 bits per heavy atom. The van der Waals surface area contributed by atoms with E-state index in [4.69, 9.17) is 4.42 Å². The minimum Gasteiger partial charge on any atom is -0.440 e. The normalized spacial score (nSPS) is 12.3. The molecule has 1 aromatic carbocycles. The number of hydrogen-bond donors (Lipinski definition) is 1. The smallest absolute Gasteiger partial charge is 0.229 e. The Morgan fingerprint density at radius 3 is 2.87 bits per heavy atom. The van der Waals surface area contributed by atoms with E-state index in [1.165, 1.54) is 0 Å². The van der Waals surface area contributed by atoms with Crippen molar-refractivity contribution in [3.05, 3.63) is 59.7 Å². The van der Waals surface area contributed by atoms with Gasteiger partial charge in [0.2, 0.25) is 11.8 Å². The van der Waals surface area contributed by atoms with Crippen molar-refractivity contribution < 1.29 is 9.21 Å². The predicted octanol–water partition coefficient (Wildman–Crippen LogP) is 3.34. The molecule has 23 heavy (non-hydrogen) atoms. The van der Waals surface area contributed by atoms with Gasteiger partial charge in [-0.2, -0.15) is 0 Å². The fourth-order valence-corrected chi connectivity index (χ4v) is 2.51. The molecule has 1 N–H and O–H groups in total. The van der Waals surface area contributed by atoms with Gasteiger partial charge in [0.15, 0.2) is 5.58 Å². The molecule has 1 atom stereocenters. The van der Waals surface area contributed by atoms with E-state index in [9.17, 15) is 4.79 Å². The molecule has 5 heteroatoms. The third kappa shape index (κ3) is 3.56. The number of benzene rings is 1. The van der Waals surface area contributed by atoms with Crippen molar-refractivity contribution in [3.63, 3.8) is 0 Å². The number of amides is 1. The van der Waals surface area contributed by atoms with Crippen molar-refractivity contribution in [2.75, 3.05) is 0 Å². The van der Waals surface area contributed by atoms with Crippen LogP contribution in [-0.2, 0) is 11.2 Å². The van der Waals surface area contributed by atoms with Gasteiger partial charge < -0.3 is 9.73 Å². The summed E-state index contributed by atoms with van der Waals surface area (Å²) in [7, 11) is 0. The number of pyridine rings is 1. The van der Waals surface area contributed by atoms with Crippen molar-refractivity contribution in [3.8, 4) is 0 Å². The summed E-state index contributed by atoms with van der Waals surface area (Å²) in [4.78, 5) is 21.0. The van der Waals surface area contributed by atoms with Crippen LogP contribution in [0, 0.1) is 6.92 Å². The Bertz CT molecular complexity index is 793. The van der Waals surface area contributed by atoms with E-state index in [1.807, 2.05) is 50.2 Å². The van der Waals surface area contributed by atoms with Crippen LogP contribution in [0.25, 0.3) is 11.1 Å². The lowest BCUT2D eigenvalue weighted by atomic mass is 10.1. The van der Waals surface area contributed by atoms with E-state index in [1.54, 1.807) is 6.20 Å². The number of nitrogens with zero attached hydrogens (tertiary/aromatic N) is 2. The molecule has 0 aliphatic heterocycles. The van der Waals surface area contributed by atoms with Gasteiger partial charge in [0.1, 0.15) is 11.9 Å². The summed E-state index contributed by atoms with van der Waals surface area (Å²) in [6, 6.07) is 11.3. The summed E-state index contributed by atoms with van der Waals surface area (Å²) in [5.41, 5.74) is 3.46. The van der Waals surface area contributed by atoms with Gasteiger partial charge in [0.05, 0.1) is 11.7 Å². The standard InChI is InChI=1S/C18H19N3O2/c1-3-13(15-10-12(2)8-9-19-15)20-17(22)11-18-21-14-6-4-5-7-16(14)23-18/h4-10,13H,3,11H2,1-2H3,(H,20,22)/t13-/m1/s1. The van der Waals surface area contributed by atoms with Crippen LogP contribution in [0.1, 0.15) is 36.5 Å². The molecule has 2 heterocycles. The molecule has 118 valence electrons. The lowest BCUT2D eigenvalue weighted by Gasteiger charge is -2.16. The van der Waals surface area contributed by atoms with Gasteiger partial charge in [-0.25, -0.2) is 4.98 Å². The molecular weight excluding hydrogens is 290 g/mol. The highest BCUT2D eigenvalue weighted by Gasteiger charge is 2.16. The maximum atomic E-state index is 12.3.